The van der Waals surface area contributed by atoms with Crippen LogP contribution in [0.4, 0.5) is 5.82 Å². The van der Waals surface area contributed by atoms with Crippen LogP contribution in [0.5, 0.6) is 0 Å². The van der Waals surface area contributed by atoms with Crippen LogP contribution in [-0.4, -0.2) is 76.1 Å². The van der Waals surface area contributed by atoms with Crippen LogP contribution in [0.3, 0.4) is 0 Å². The summed E-state index contributed by atoms with van der Waals surface area (Å²) in [5, 5.41) is 0.919. The number of hydrogen-bond donors (Lipinski definition) is 0. The first-order chi connectivity index (χ1) is 15.5. The largest absolute Gasteiger partial charge is 0.353 e. The van der Waals surface area contributed by atoms with Crippen LogP contribution in [0.25, 0.3) is 0 Å². The SMILES string of the molecule is CC1CN(c2cc(Cl)nc(SCC(=O)N3CCCCC3)n2)CCN1C(=O)C1CCCCC1. The monoisotopic (exact) mass is 479 g/mol. The van der Waals surface area contributed by atoms with Gasteiger partial charge in [0.2, 0.25) is 11.8 Å². The molecule has 9 heteroatoms. The number of anilines is 1. The molecular formula is C23H34ClN5O2S. The molecular weight excluding hydrogens is 446 g/mol. The van der Waals surface area contributed by atoms with Gasteiger partial charge >= 0.3 is 0 Å². The highest BCUT2D eigenvalue weighted by Crippen LogP contribution is 2.29. The van der Waals surface area contributed by atoms with E-state index in [1.807, 2.05) is 4.90 Å². The summed E-state index contributed by atoms with van der Waals surface area (Å²) in [4.78, 5) is 40.7. The number of carbonyl (C=O) groups is 2. The van der Waals surface area contributed by atoms with E-state index >= 15 is 0 Å². The fourth-order valence-electron chi connectivity index (χ4n) is 5.05. The van der Waals surface area contributed by atoms with Gasteiger partial charge in [0.05, 0.1) is 5.75 Å². The average Bonchev–Trinajstić information content (AvgIpc) is 2.83. The number of aromatic nitrogens is 2. The molecule has 7 nitrogen and oxygen atoms in total. The van der Waals surface area contributed by atoms with Crippen LogP contribution in [0.15, 0.2) is 11.2 Å². The number of hydrogen-bond acceptors (Lipinski definition) is 6. The van der Waals surface area contributed by atoms with E-state index < -0.39 is 0 Å². The molecule has 0 spiro atoms. The maximum atomic E-state index is 13.0. The zero-order valence-corrected chi connectivity index (χ0v) is 20.5. The lowest BCUT2D eigenvalue weighted by molar-refractivity contribution is -0.139. The van der Waals surface area contributed by atoms with Gasteiger partial charge in [-0.15, -0.1) is 0 Å². The van der Waals surface area contributed by atoms with Crippen LogP contribution in [-0.2, 0) is 9.59 Å². The summed E-state index contributed by atoms with van der Waals surface area (Å²) >= 11 is 7.65. The van der Waals surface area contributed by atoms with Gasteiger partial charge in [-0.2, -0.15) is 0 Å². The molecule has 2 saturated heterocycles. The van der Waals surface area contributed by atoms with Crippen LogP contribution in [0.1, 0.15) is 58.3 Å². The normalized spacial score (nSPS) is 22.8. The fourth-order valence-corrected chi connectivity index (χ4v) is 6.03. The third-order valence-corrected chi connectivity index (χ3v) is 7.91. The summed E-state index contributed by atoms with van der Waals surface area (Å²) in [6.45, 7) is 5.97. The zero-order valence-electron chi connectivity index (χ0n) is 19.0. The molecule has 0 aromatic carbocycles. The molecule has 176 valence electrons. The minimum absolute atomic E-state index is 0.128. The molecule has 1 aliphatic carbocycles. The molecule has 1 unspecified atom stereocenters. The van der Waals surface area contributed by atoms with Crippen molar-refractivity contribution in [1.29, 1.82) is 0 Å². The Balaban J connectivity index is 1.35. The number of rotatable bonds is 5. The van der Waals surface area contributed by atoms with Crippen LogP contribution < -0.4 is 4.90 Å². The van der Waals surface area contributed by atoms with E-state index in [0.717, 1.165) is 57.7 Å². The van der Waals surface area contributed by atoms with Crippen molar-refractivity contribution in [3.63, 3.8) is 0 Å². The molecule has 0 bridgehead atoms. The predicted octanol–water partition coefficient (Wildman–Crippen LogP) is 3.85. The van der Waals surface area contributed by atoms with E-state index in [-0.39, 0.29) is 17.9 Å². The predicted molar refractivity (Wildman–Crippen MR) is 128 cm³/mol. The summed E-state index contributed by atoms with van der Waals surface area (Å²) in [5.74, 6) is 1.77. The van der Waals surface area contributed by atoms with Crippen molar-refractivity contribution in [2.24, 2.45) is 5.92 Å². The Bertz CT molecular complexity index is 814. The number of piperazine rings is 1. The average molecular weight is 480 g/mol. The maximum absolute atomic E-state index is 13.0. The Morgan fingerprint density at radius 3 is 2.47 bits per heavy atom. The second-order valence-electron chi connectivity index (χ2n) is 9.22. The van der Waals surface area contributed by atoms with Crippen molar-refractivity contribution < 1.29 is 9.59 Å². The van der Waals surface area contributed by atoms with Crippen molar-refractivity contribution in [3.05, 3.63) is 11.2 Å². The van der Waals surface area contributed by atoms with Crippen molar-refractivity contribution in [1.82, 2.24) is 19.8 Å². The van der Waals surface area contributed by atoms with Gasteiger partial charge in [0.25, 0.3) is 0 Å². The quantitative estimate of drug-likeness (QED) is 0.363. The molecule has 2 amide bonds. The maximum Gasteiger partial charge on any atom is 0.233 e. The Morgan fingerprint density at radius 1 is 1.03 bits per heavy atom. The first-order valence-corrected chi connectivity index (χ1v) is 13.4. The number of carbonyl (C=O) groups excluding carboxylic acids is 2. The van der Waals surface area contributed by atoms with Crippen molar-refractivity contribution in [2.75, 3.05) is 43.4 Å². The molecule has 0 radical (unpaired) electrons. The number of nitrogens with zero attached hydrogens (tertiary/aromatic N) is 5. The molecule has 1 aromatic heterocycles. The second-order valence-corrected chi connectivity index (χ2v) is 10.6. The van der Waals surface area contributed by atoms with Crippen LogP contribution in [0, 0.1) is 5.92 Å². The van der Waals surface area contributed by atoms with Gasteiger partial charge in [-0.25, -0.2) is 9.97 Å². The lowest BCUT2D eigenvalue weighted by atomic mass is 9.88. The van der Waals surface area contributed by atoms with E-state index in [9.17, 15) is 9.59 Å². The highest BCUT2D eigenvalue weighted by atomic mass is 35.5. The van der Waals surface area contributed by atoms with Gasteiger partial charge in [0, 0.05) is 50.7 Å². The molecule has 4 rings (SSSR count). The number of amides is 2. The van der Waals surface area contributed by atoms with Gasteiger partial charge in [0.15, 0.2) is 5.16 Å². The van der Waals surface area contributed by atoms with Gasteiger partial charge in [-0.3, -0.25) is 9.59 Å². The van der Waals surface area contributed by atoms with E-state index in [4.69, 9.17) is 11.6 Å². The number of piperidine rings is 1. The van der Waals surface area contributed by atoms with Crippen LogP contribution >= 0.6 is 23.4 Å². The lowest BCUT2D eigenvalue weighted by Gasteiger charge is -2.42. The standard InChI is InChI=1S/C23H34ClN5O2S/c1-17-15-28(12-13-29(17)22(31)18-8-4-2-5-9-18)20-14-19(24)25-23(26-20)32-16-21(30)27-10-6-3-7-11-27/h14,17-18H,2-13,15-16H2,1H3. The molecule has 32 heavy (non-hydrogen) atoms. The first-order valence-electron chi connectivity index (χ1n) is 12.0. The van der Waals surface area contributed by atoms with Crippen molar-refractivity contribution >= 4 is 41.0 Å². The summed E-state index contributed by atoms with van der Waals surface area (Å²) in [6, 6.07) is 1.91. The molecule has 3 aliphatic rings. The Kier molecular flexibility index (Phi) is 8.16. The molecule has 1 saturated carbocycles. The molecule has 2 aliphatic heterocycles. The number of likely N-dealkylation sites (tertiary alicyclic amines) is 1. The van der Waals surface area contributed by atoms with Crippen molar-refractivity contribution in [2.45, 2.75) is 69.5 Å². The van der Waals surface area contributed by atoms with Gasteiger partial charge in [0.1, 0.15) is 11.0 Å². The van der Waals surface area contributed by atoms with Crippen LogP contribution in [0.2, 0.25) is 5.15 Å². The smallest absolute Gasteiger partial charge is 0.233 e. The minimum atomic E-state index is 0.128. The third-order valence-electron chi connectivity index (χ3n) is 6.88. The highest BCUT2D eigenvalue weighted by molar-refractivity contribution is 7.99. The number of thioether (sulfide) groups is 1. The Hall–Kier alpha value is -1.54. The fraction of sp³-hybridized carbons (Fsp3) is 0.739. The molecule has 1 aromatic rings. The summed E-state index contributed by atoms with van der Waals surface area (Å²) in [5.41, 5.74) is 0. The van der Waals surface area contributed by atoms with E-state index in [1.165, 1.54) is 37.4 Å². The summed E-state index contributed by atoms with van der Waals surface area (Å²) < 4.78 is 0. The molecule has 0 N–H and O–H groups in total. The first kappa shape index (κ1) is 23.6. The molecule has 1 atom stereocenters. The molecule has 3 heterocycles. The van der Waals surface area contributed by atoms with Gasteiger partial charge in [-0.1, -0.05) is 42.6 Å². The zero-order chi connectivity index (χ0) is 22.5. The topological polar surface area (TPSA) is 69.6 Å². The summed E-state index contributed by atoms with van der Waals surface area (Å²) in [6.07, 6.45) is 9.04. The minimum Gasteiger partial charge on any atom is -0.353 e. The van der Waals surface area contributed by atoms with Gasteiger partial charge in [-0.05, 0) is 39.0 Å². The third kappa shape index (κ3) is 5.87. The van der Waals surface area contributed by atoms with Crippen molar-refractivity contribution in [3.8, 4) is 0 Å². The molecule has 3 fully saturated rings. The van der Waals surface area contributed by atoms with E-state index in [1.54, 1.807) is 6.07 Å². The Labute approximate surface area is 200 Å². The number of halogens is 1. The Morgan fingerprint density at radius 2 is 1.75 bits per heavy atom. The van der Waals surface area contributed by atoms with E-state index in [2.05, 4.69) is 26.7 Å². The lowest BCUT2D eigenvalue weighted by Crippen LogP contribution is -2.55. The van der Waals surface area contributed by atoms with Gasteiger partial charge < -0.3 is 14.7 Å². The van der Waals surface area contributed by atoms with E-state index in [0.29, 0.717) is 28.5 Å². The second kappa shape index (κ2) is 11.1. The summed E-state index contributed by atoms with van der Waals surface area (Å²) in [7, 11) is 0. The highest BCUT2D eigenvalue weighted by Gasteiger charge is 2.33.